The van der Waals surface area contributed by atoms with E-state index in [1.54, 1.807) is 0 Å². The van der Waals surface area contributed by atoms with Gasteiger partial charge in [-0.1, -0.05) is 23.7 Å². The highest BCUT2D eigenvalue weighted by Crippen LogP contribution is 2.17. The number of nitrogens with zero attached hydrogens (tertiary/aromatic N) is 3. The summed E-state index contributed by atoms with van der Waals surface area (Å²) in [4.78, 5) is 12.4. The molecule has 3 aromatic rings. The number of halogens is 2. The molecule has 9 heteroatoms. The third kappa shape index (κ3) is 3.76. The summed E-state index contributed by atoms with van der Waals surface area (Å²) in [5.41, 5.74) is 11.1. The molecule has 0 atom stereocenters. The predicted molar refractivity (Wildman–Crippen MR) is 101 cm³/mol. The molecule has 0 aliphatic heterocycles. The van der Waals surface area contributed by atoms with Crippen LogP contribution in [0.5, 0.6) is 0 Å². The average molecular weight is 392 g/mol. The molecular formula is C17H15ClFN5OS. The number of rotatable bonds is 5. The minimum Gasteiger partial charge on any atom is -0.366 e. The van der Waals surface area contributed by atoms with Crippen molar-refractivity contribution >= 4 is 41.2 Å². The molecule has 0 fully saturated rings. The van der Waals surface area contributed by atoms with Gasteiger partial charge in [0, 0.05) is 5.56 Å². The van der Waals surface area contributed by atoms with Crippen molar-refractivity contribution < 1.29 is 9.18 Å². The minimum atomic E-state index is -0.587. The third-order valence-electron chi connectivity index (χ3n) is 3.66. The number of hydrogen-bond donors (Lipinski definition) is 2. The van der Waals surface area contributed by atoms with Crippen molar-refractivity contribution in [2.24, 2.45) is 0 Å². The number of aromatic nitrogens is 3. The quantitative estimate of drug-likeness (QED) is 0.510. The molecule has 3 rings (SSSR count). The number of carbonyl (C=O) groups is 1. The van der Waals surface area contributed by atoms with E-state index in [1.807, 2.05) is 31.2 Å². The summed E-state index contributed by atoms with van der Waals surface area (Å²) in [7, 11) is 0. The second-order valence-corrected chi connectivity index (χ2v) is 6.44. The lowest BCUT2D eigenvalue weighted by atomic mass is 10.1. The van der Waals surface area contributed by atoms with Gasteiger partial charge in [-0.25, -0.2) is 9.07 Å². The summed E-state index contributed by atoms with van der Waals surface area (Å²) >= 11 is 11.1. The topological polar surface area (TPSA) is 77.9 Å². The van der Waals surface area contributed by atoms with E-state index in [1.165, 1.54) is 21.5 Å². The summed E-state index contributed by atoms with van der Waals surface area (Å²) in [6.45, 7) is 1.82. The van der Waals surface area contributed by atoms with Crippen LogP contribution in [0.4, 0.5) is 16.0 Å². The van der Waals surface area contributed by atoms with E-state index in [2.05, 4.69) is 10.5 Å². The van der Waals surface area contributed by atoms with E-state index in [0.29, 0.717) is 0 Å². The molecule has 0 aliphatic carbocycles. The number of nitrogen functional groups attached to an aromatic ring is 1. The van der Waals surface area contributed by atoms with Gasteiger partial charge in [-0.3, -0.25) is 10.2 Å². The Hall–Kier alpha value is -2.71. The van der Waals surface area contributed by atoms with Gasteiger partial charge in [-0.15, -0.1) is 5.10 Å². The summed E-state index contributed by atoms with van der Waals surface area (Å²) in [6, 6.07) is 11.4. The van der Waals surface area contributed by atoms with E-state index in [-0.39, 0.29) is 33.6 Å². The van der Waals surface area contributed by atoms with Gasteiger partial charge in [0.05, 0.1) is 10.7 Å². The first kappa shape index (κ1) is 18.1. The van der Waals surface area contributed by atoms with Gasteiger partial charge in [0.25, 0.3) is 0 Å². The van der Waals surface area contributed by atoms with Crippen molar-refractivity contribution in [1.82, 2.24) is 14.5 Å². The maximum Gasteiger partial charge on any atom is 0.240 e. The zero-order valence-electron chi connectivity index (χ0n) is 13.7. The van der Waals surface area contributed by atoms with Crippen molar-refractivity contribution in [1.29, 1.82) is 0 Å². The lowest BCUT2D eigenvalue weighted by molar-refractivity contribution is 0.0967. The molecule has 0 amide bonds. The second kappa shape index (κ2) is 7.27. The third-order valence-corrected chi connectivity index (χ3v) is 4.34. The number of nitrogens with one attached hydrogen (secondary N) is 1. The molecule has 26 heavy (non-hydrogen) atoms. The van der Waals surface area contributed by atoms with Crippen LogP contribution >= 0.6 is 23.8 Å². The molecule has 0 saturated carbocycles. The molecule has 0 unspecified atom stereocenters. The van der Waals surface area contributed by atoms with Gasteiger partial charge < -0.3 is 5.73 Å². The Morgan fingerprint density at radius 3 is 2.81 bits per heavy atom. The van der Waals surface area contributed by atoms with E-state index >= 15 is 0 Å². The highest BCUT2D eigenvalue weighted by Gasteiger charge is 2.14. The second-order valence-electron chi connectivity index (χ2n) is 5.67. The van der Waals surface area contributed by atoms with E-state index in [9.17, 15) is 9.18 Å². The highest BCUT2D eigenvalue weighted by molar-refractivity contribution is 7.71. The van der Waals surface area contributed by atoms with E-state index in [4.69, 9.17) is 29.6 Å². The molecular weight excluding hydrogens is 377 g/mol. The molecule has 6 nitrogen and oxygen atoms in total. The van der Waals surface area contributed by atoms with Crippen LogP contribution < -0.4 is 11.2 Å². The van der Waals surface area contributed by atoms with Gasteiger partial charge in [-0.05, 0) is 55.0 Å². The Kier molecular flexibility index (Phi) is 5.06. The summed E-state index contributed by atoms with van der Waals surface area (Å²) in [6.07, 6.45) is 0. The largest absolute Gasteiger partial charge is 0.366 e. The Bertz CT molecular complexity index is 1050. The van der Waals surface area contributed by atoms with Crippen molar-refractivity contribution in [2.45, 2.75) is 13.5 Å². The van der Waals surface area contributed by atoms with E-state index < -0.39 is 5.82 Å². The van der Waals surface area contributed by atoms with Crippen LogP contribution in [0.2, 0.25) is 5.02 Å². The van der Waals surface area contributed by atoms with Crippen LogP contribution in [0.15, 0.2) is 42.5 Å². The smallest absolute Gasteiger partial charge is 0.240 e. The Morgan fingerprint density at radius 1 is 1.35 bits per heavy atom. The standard InChI is InChI=1S/C17H15ClFN5OS/c1-10-3-2-4-12(7-10)21-24-16(20)22-23(17(24)26)9-15(25)11-5-6-14(19)13(18)8-11/h2-8,21H,9H2,1H3,(H2,20,22). The Morgan fingerprint density at radius 2 is 2.12 bits per heavy atom. The van der Waals surface area contributed by atoms with Crippen LogP contribution in [-0.2, 0) is 6.54 Å². The summed E-state index contributed by atoms with van der Waals surface area (Å²) in [5.74, 6) is -0.791. The first-order valence-electron chi connectivity index (χ1n) is 7.62. The van der Waals surface area contributed by atoms with Crippen molar-refractivity contribution in [3.05, 3.63) is 69.2 Å². The first-order valence-corrected chi connectivity index (χ1v) is 8.41. The molecule has 0 radical (unpaired) electrons. The molecule has 1 heterocycles. The zero-order chi connectivity index (χ0) is 18.8. The minimum absolute atomic E-state index is 0.112. The molecule has 0 bridgehead atoms. The van der Waals surface area contributed by atoms with Crippen LogP contribution in [0.25, 0.3) is 0 Å². The molecule has 134 valence electrons. The van der Waals surface area contributed by atoms with Gasteiger partial charge in [0.2, 0.25) is 10.7 Å². The maximum atomic E-state index is 13.2. The van der Waals surface area contributed by atoms with Crippen LogP contribution in [0.1, 0.15) is 15.9 Å². The Labute approximate surface area is 159 Å². The molecule has 0 spiro atoms. The highest BCUT2D eigenvalue weighted by atomic mass is 35.5. The van der Waals surface area contributed by atoms with Crippen molar-refractivity contribution in [2.75, 3.05) is 11.2 Å². The van der Waals surface area contributed by atoms with Gasteiger partial charge in [0.1, 0.15) is 12.4 Å². The fraction of sp³-hybridized carbons (Fsp3) is 0.118. The molecule has 2 aromatic carbocycles. The van der Waals surface area contributed by atoms with Gasteiger partial charge >= 0.3 is 0 Å². The summed E-state index contributed by atoms with van der Waals surface area (Å²) < 4.78 is 16.2. The van der Waals surface area contributed by atoms with Crippen molar-refractivity contribution in [3.63, 3.8) is 0 Å². The fourth-order valence-corrected chi connectivity index (χ4v) is 2.80. The van der Waals surface area contributed by atoms with E-state index in [0.717, 1.165) is 17.3 Å². The number of nitrogens with two attached hydrogens (primary N) is 1. The van der Waals surface area contributed by atoms with Crippen LogP contribution in [-0.4, -0.2) is 20.2 Å². The first-order chi connectivity index (χ1) is 12.3. The average Bonchev–Trinajstić information content (AvgIpc) is 2.85. The van der Waals surface area contributed by atoms with Crippen LogP contribution in [0, 0.1) is 17.5 Å². The SMILES string of the molecule is Cc1cccc(Nn2c(N)nn(CC(=O)c3ccc(F)c(Cl)c3)c2=S)c1. The molecule has 1 aromatic heterocycles. The number of ketones is 1. The normalized spacial score (nSPS) is 10.7. The molecule has 3 N–H and O–H groups in total. The van der Waals surface area contributed by atoms with Gasteiger partial charge in [-0.2, -0.15) is 4.68 Å². The number of benzene rings is 2. The van der Waals surface area contributed by atoms with Crippen LogP contribution in [0.3, 0.4) is 0 Å². The number of hydrogen-bond acceptors (Lipinski definition) is 5. The predicted octanol–water partition coefficient (Wildman–Crippen LogP) is 3.86. The number of carbonyl (C=O) groups excluding carboxylic acids is 1. The lowest BCUT2D eigenvalue weighted by Gasteiger charge is -2.08. The summed E-state index contributed by atoms with van der Waals surface area (Å²) in [5, 5.41) is 3.98. The van der Waals surface area contributed by atoms with Gasteiger partial charge in [0.15, 0.2) is 5.78 Å². The molecule has 0 aliphatic rings. The lowest BCUT2D eigenvalue weighted by Crippen LogP contribution is -2.14. The fourth-order valence-electron chi connectivity index (χ4n) is 2.37. The monoisotopic (exact) mass is 391 g/mol. The number of anilines is 2. The number of aryl methyl sites for hydroxylation is 1. The number of Topliss-reactive ketones (excluding diaryl/α,β-unsaturated/α-hetero) is 1. The maximum absolute atomic E-state index is 13.2. The zero-order valence-corrected chi connectivity index (χ0v) is 15.3. The molecule has 0 saturated heterocycles. The van der Waals surface area contributed by atoms with Crippen molar-refractivity contribution in [3.8, 4) is 0 Å². The Balaban J connectivity index is 1.84.